The van der Waals surface area contributed by atoms with Crippen molar-refractivity contribution in [3.05, 3.63) is 24.3 Å². The first kappa shape index (κ1) is 20.0. The molecule has 4 bridgehead atoms. The van der Waals surface area contributed by atoms with Gasteiger partial charge in [0.15, 0.2) is 6.61 Å². The van der Waals surface area contributed by atoms with E-state index in [0.29, 0.717) is 25.6 Å². The molecule has 0 radical (unpaired) electrons. The van der Waals surface area contributed by atoms with Crippen LogP contribution in [0.3, 0.4) is 0 Å². The van der Waals surface area contributed by atoms with Crippen LogP contribution in [-0.4, -0.2) is 74.6 Å². The molecule has 32 heavy (non-hydrogen) atoms. The van der Waals surface area contributed by atoms with E-state index in [1.54, 1.807) is 7.11 Å². The van der Waals surface area contributed by atoms with Gasteiger partial charge >= 0.3 is 5.97 Å². The zero-order chi connectivity index (χ0) is 21.4. The molecule has 1 saturated carbocycles. The third-order valence-electron chi connectivity index (χ3n) is 8.28. The third-order valence-corrected chi connectivity index (χ3v) is 8.28. The fourth-order valence-electron chi connectivity index (χ4n) is 7.11. The molecule has 1 aromatic rings. The van der Waals surface area contributed by atoms with Gasteiger partial charge in [0, 0.05) is 19.8 Å². The smallest absolute Gasteiger partial charge is 0.320 e. The minimum atomic E-state index is -1.30. The molecule has 3 spiro atoms. The van der Waals surface area contributed by atoms with Crippen molar-refractivity contribution in [3.8, 4) is 11.5 Å². The highest BCUT2D eigenvalue weighted by Gasteiger charge is 2.84. The molecule has 6 aliphatic heterocycles. The van der Waals surface area contributed by atoms with Crippen molar-refractivity contribution < 1.29 is 37.9 Å². The van der Waals surface area contributed by atoms with E-state index in [1.807, 2.05) is 24.3 Å². The maximum Gasteiger partial charge on any atom is 0.320 e. The Morgan fingerprint density at radius 3 is 1.53 bits per heavy atom. The number of methoxy groups -OCH3 is 1. The van der Waals surface area contributed by atoms with Crippen molar-refractivity contribution in [2.24, 2.45) is 0 Å². The number of hydrogen-bond donors (Lipinski definition) is 0. The van der Waals surface area contributed by atoms with Crippen LogP contribution in [0.4, 0.5) is 0 Å². The predicted molar refractivity (Wildman–Crippen MR) is 110 cm³/mol. The Balaban J connectivity index is 1.26. The van der Waals surface area contributed by atoms with Crippen LogP contribution in [0.15, 0.2) is 24.3 Å². The molecule has 7 fully saturated rings. The number of benzene rings is 1. The molecule has 174 valence electrons. The van der Waals surface area contributed by atoms with Crippen molar-refractivity contribution in [2.75, 3.05) is 33.5 Å². The largest absolute Gasteiger partial charge is 0.497 e. The minimum absolute atomic E-state index is 0.116. The quantitative estimate of drug-likeness (QED) is 0.699. The van der Waals surface area contributed by atoms with Crippen molar-refractivity contribution in [1.82, 2.24) is 0 Å². The lowest BCUT2D eigenvalue weighted by Gasteiger charge is -2.72. The first-order chi connectivity index (χ1) is 15.6. The van der Waals surface area contributed by atoms with Crippen LogP contribution in [0.25, 0.3) is 0 Å². The van der Waals surface area contributed by atoms with Crippen LogP contribution in [0.1, 0.15) is 38.5 Å². The molecule has 8 rings (SSSR count). The minimum Gasteiger partial charge on any atom is -0.497 e. The summed E-state index contributed by atoms with van der Waals surface area (Å²) < 4.78 is 50.8. The van der Waals surface area contributed by atoms with Gasteiger partial charge in [-0.1, -0.05) is 0 Å². The Morgan fingerprint density at radius 1 is 0.719 bits per heavy atom. The molecule has 7 aliphatic rings. The second-order valence-electron chi connectivity index (χ2n) is 9.86. The summed E-state index contributed by atoms with van der Waals surface area (Å²) in [4.78, 5) is 0. The average molecular weight is 446 g/mol. The van der Waals surface area contributed by atoms with Gasteiger partial charge in [-0.05, 0) is 62.8 Å². The zero-order valence-corrected chi connectivity index (χ0v) is 18.4. The highest BCUT2D eigenvalue weighted by atomic mass is 16.9. The molecule has 0 amide bonds. The summed E-state index contributed by atoms with van der Waals surface area (Å²) in [6.07, 6.45) is 4.75. The maximum atomic E-state index is 6.66. The molecule has 6 saturated heterocycles. The summed E-state index contributed by atoms with van der Waals surface area (Å²) in [5.41, 5.74) is -1.71. The van der Waals surface area contributed by atoms with Crippen molar-refractivity contribution in [3.63, 3.8) is 0 Å². The van der Waals surface area contributed by atoms with Gasteiger partial charge < -0.3 is 37.9 Å². The van der Waals surface area contributed by atoms with E-state index in [0.717, 1.165) is 44.3 Å². The third kappa shape index (κ3) is 2.43. The van der Waals surface area contributed by atoms with Gasteiger partial charge in [-0.2, -0.15) is 0 Å². The maximum absolute atomic E-state index is 6.66. The highest BCUT2D eigenvalue weighted by Crippen LogP contribution is 2.66. The molecule has 0 N–H and O–H groups in total. The topological polar surface area (TPSA) is 73.8 Å². The SMILES string of the molecule is COc1ccc(OCC23OC4C5(CCCO5)C(O2)C2(CCCO2)C(O3)C42CCCO2)cc1. The van der Waals surface area contributed by atoms with E-state index in [9.17, 15) is 0 Å². The van der Waals surface area contributed by atoms with Crippen molar-refractivity contribution in [1.29, 1.82) is 0 Å². The molecule has 8 nitrogen and oxygen atoms in total. The van der Waals surface area contributed by atoms with Gasteiger partial charge in [-0.15, -0.1) is 0 Å². The summed E-state index contributed by atoms with van der Waals surface area (Å²) in [7, 11) is 1.64. The van der Waals surface area contributed by atoms with Crippen LogP contribution in [-0.2, 0) is 28.4 Å². The Bertz CT molecular complexity index is 774. The standard InChI is InChI=1S/C24H30O8/c1-25-16-5-7-17(8-6-16)26-15-24-30-18-21(9-2-12-27-21)19(31-24)23(11-4-14-29-23)20(32-24)22(18)10-3-13-28-22/h5-8,18-20H,2-4,9-15H2,1H3. The van der Waals surface area contributed by atoms with E-state index < -0.39 is 22.8 Å². The van der Waals surface area contributed by atoms with Crippen LogP contribution in [0.2, 0.25) is 0 Å². The monoisotopic (exact) mass is 446 g/mol. The van der Waals surface area contributed by atoms with Gasteiger partial charge in [0.1, 0.15) is 46.6 Å². The Hall–Kier alpha value is -1.42. The Labute approximate surface area is 187 Å². The highest BCUT2D eigenvalue weighted by molar-refractivity contribution is 5.32. The van der Waals surface area contributed by atoms with Crippen molar-refractivity contribution in [2.45, 2.75) is 79.6 Å². The van der Waals surface area contributed by atoms with E-state index in [4.69, 9.17) is 37.9 Å². The number of hydrogen-bond acceptors (Lipinski definition) is 8. The molecular weight excluding hydrogens is 416 g/mol. The first-order valence-electron chi connectivity index (χ1n) is 11.9. The van der Waals surface area contributed by atoms with Crippen LogP contribution >= 0.6 is 0 Å². The second kappa shape index (κ2) is 6.81. The normalized spacial score (nSPS) is 48.5. The summed E-state index contributed by atoms with van der Waals surface area (Å²) in [5, 5.41) is 0. The fraction of sp³-hybridized carbons (Fsp3) is 0.750. The lowest BCUT2D eigenvalue weighted by Crippen LogP contribution is -2.91. The fourth-order valence-corrected chi connectivity index (χ4v) is 7.11. The number of rotatable bonds is 4. The van der Waals surface area contributed by atoms with E-state index >= 15 is 0 Å². The zero-order valence-electron chi connectivity index (χ0n) is 18.4. The number of ether oxygens (including phenoxy) is 8. The first-order valence-corrected chi connectivity index (χ1v) is 11.9. The van der Waals surface area contributed by atoms with Gasteiger partial charge in [-0.25, -0.2) is 0 Å². The van der Waals surface area contributed by atoms with Crippen molar-refractivity contribution >= 4 is 0 Å². The summed E-state index contributed by atoms with van der Waals surface area (Å²) in [6, 6.07) is 7.46. The summed E-state index contributed by atoms with van der Waals surface area (Å²) in [6.45, 7) is 2.22. The summed E-state index contributed by atoms with van der Waals surface area (Å²) >= 11 is 0. The van der Waals surface area contributed by atoms with Gasteiger partial charge in [0.05, 0.1) is 7.11 Å². The van der Waals surface area contributed by atoms with Gasteiger partial charge in [0.25, 0.3) is 0 Å². The van der Waals surface area contributed by atoms with Crippen LogP contribution < -0.4 is 9.47 Å². The predicted octanol–water partition coefficient (Wildman–Crippen LogP) is 2.57. The van der Waals surface area contributed by atoms with E-state index in [2.05, 4.69) is 0 Å². The molecule has 0 aromatic heterocycles. The van der Waals surface area contributed by atoms with Gasteiger partial charge in [0.2, 0.25) is 0 Å². The molecule has 1 aromatic carbocycles. The Morgan fingerprint density at radius 2 is 1.16 bits per heavy atom. The van der Waals surface area contributed by atoms with Crippen LogP contribution in [0.5, 0.6) is 11.5 Å². The molecule has 0 unspecified atom stereocenters. The van der Waals surface area contributed by atoms with Gasteiger partial charge in [-0.3, -0.25) is 0 Å². The molecule has 6 heterocycles. The second-order valence-corrected chi connectivity index (χ2v) is 9.86. The van der Waals surface area contributed by atoms with E-state index in [-0.39, 0.29) is 24.9 Å². The Kier molecular flexibility index (Phi) is 4.25. The summed E-state index contributed by atoms with van der Waals surface area (Å²) in [5.74, 6) is 0.172. The average Bonchev–Trinajstić information content (AvgIpc) is 3.60. The van der Waals surface area contributed by atoms with Crippen LogP contribution in [0, 0.1) is 0 Å². The molecule has 8 heteroatoms. The van der Waals surface area contributed by atoms with E-state index in [1.165, 1.54) is 0 Å². The molecular formula is C24H30O8. The lowest BCUT2D eigenvalue weighted by atomic mass is 9.57. The molecule has 0 atom stereocenters. The molecule has 1 aliphatic carbocycles. The lowest BCUT2D eigenvalue weighted by molar-refractivity contribution is -0.582.